The summed E-state index contributed by atoms with van der Waals surface area (Å²) in [4.78, 5) is 4.42. The average Bonchev–Trinajstić information content (AvgIpc) is 2.69. The fourth-order valence-corrected chi connectivity index (χ4v) is 2.30. The van der Waals surface area contributed by atoms with Crippen molar-refractivity contribution < 1.29 is 4.39 Å². The van der Waals surface area contributed by atoms with Gasteiger partial charge >= 0.3 is 0 Å². The Morgan fingerprint density at radius 3 is 2.80 bits per heavy atom. The molecule has 0 aliphatic rings. The quantitative estimate of drug-likeness (QED) is 0.773. The van der Waals surface area contributed by atoms with E-state index in [1.807, 2.05) is 17.5 Å². The van der Waals surface area contributed by atoms with Crippen LogP contribution in [-0.4, -0.2) is 4.98 Å². The van der Waals surface area contributed by atoms with Gasteiger partial charge in [-0.05, 0) is 18.1 Å². The summed E-state index contributed by atoms with van der Waals surface area (Å²) in [5, 5.41) is 3.02. The highest BCUT2D eigenvalue weighted by molar-refractivity contribution is 7.09. The second-order valence-electron chi connectivity index (χ2n) is 3.35. The van der Waals surface area contributed by atoms with Crippen LogP contribution in [-0.2, 0) is 12.8 Å². The van der Waals surface area contributed by atoms with Crippen molar-refractivity contribution in [2.45, 2.75) is 19.8 Å². The third-order valence-corrected chi connectivity index (χ3v) is 3.16. The van der Waals surface area contributed by atoms with Crippen molar-refractivity contribution in [2.24, 2.45) is 0 Å². The van der Waals surface area contributed by atoms with E-state index >= 15 is 0 Å². The average molecular weight is 221 g/mol. The van der Waals surface area contributed by atoms with Crippen LogP contribution in [0.5, 0.6) is 0 Å². The molecule has 0 N–H and O–H groups in total. The Bertz CT molecular complexity index is 450. The normalized spacial score (nSPS) is 10.5. The highest BCUT2D eigenvalue weighted by Crippen LogP contribution is 2.16. The molecule has 0 saturated heterocycles. The van der Waals surface area contributed by atoms with Gasteiger partial charge in [-0.15, -0.1) is 11.3 Å². The highest BCUT2D eigenvalue weighted by Gasteiger charge is 2.05. The SMILES string of the molecule is CCc1csc(Cc2ccccc2F)n1. The molecule has 0 radical (unpaired) electrons. The van der Waals surface area contributed by atoms with Crippen LogP contribution < -0.4 is 0 Å². The topological polar surface area (TPSA) is 12.9 Å². The van der Waals surface area contributed by atoms with E-state index in [1.165, 1.54) is 6.07 Å². The number of aromatic nitrogens is 1. The summed E-state index contributed by atoms with van der Waals surface area (Å²) in [5.41, 5.74) is 1.81. The highest BCUT2D eigenvalue weighted by atomic mass is 32.1. The number of aryl methyl sites for hydroxylation is 1. The summed E-state index contributed by atoms with van der Waals surface area (Å²) in [7, 11) is 0. The van der Waals surface area contributed by atoms with Crippen LogP contribution in [0.15, 0.2) is 29.6 Å². The molecule has 1 heterocycles. The second kappa shape index (κ2) is 4.53. The van der Waals surface area contributed by atoms with Crippen LogP contribution in [0.1, 0.15) is 23.2 Å². The first-order valence-electron chi connectivity index (χ1n) is 4.96. The molecule has 0 aliphatic carbocycles. The fourth-order valence-electron chi connectivity index (χ4n) is 1.40. The number of nitrogens with zero attached hydrogens (tertiary/aromatic N) is 1. The third-order valence-electron chi connectivity index (χ3n) is 2.26. The van der Waals surface area contributed by atoms with Crippen molar-refractivity contribution in [1.82, 2.24) is 4.98 Å². The molecule has 15 heavy (non-hydrogen) atoms. The summed E-state index contributed by atoms with van der Waals surface area (Å²) in [6.07, 6.45) is 1.53. The van der Waals surface area contributed by atoms with Gasteiger partial charge in [0.25, 0.3) is 0 Å². The maximum atomic E-state index is 13.3. The predicted molar refractivity (Wildman–Crippen MR) is 60.7 cm³/mol. The molecule has 2 rings (SSSR count). The lowest BCUT2D eigenvalue weighted by atomic mass is 10.1. The number of thiazole rings is 1. The Morgan fingerprint density at radius 2 is 2.13 bits per heavy atom. The summed E-state index contributed by atoms with van der Waals surface area (Å²) >= 11 is 1.60. The van der Waals surface area contributed by atoms with Crippen LogP contribution in [0, 0.1) is 5.82 Å². The molecule has 78 valence electrons. The summed E-state index contributed by atoms with van der Waals surface area (Å²) in [6.45, 7) is 2.07. The van der Waals surface area contributed by atoms with E-state index in [0.717, 1.165) is 22.7 Å². The van der Waals surface area contributed by atoms with E-state index < -0.39 is 0 Å². The van der Waals surface area contributed by atoms with Gasteiger partial charge in [-0.1, -0.05) is 25.1 Å². The van der Waals surface area contributed by atoms with E-state index in [4.69, 9.17) is 0 Å². The van der Waals surface area contributed by atoms with Gasteiger partial charge < -0.3 is 0 Å². The van der Waals surface area contributed by atoms with Crippen LogP contribution in [0.3, 0.4) is 0 Å². The van der Waals surface area contributed by atoms with Gasteiger partial charge in [0.05, 0.1) is 10.7 Å². The molecule has 1 nitrogen and oxygen atoms in total. The number of benzene rings is 1. The van der Waals surface area contributed by atoms with Gasteiger partial charge in [-0.25, -0.2) is 9.37 Å². The van der Waals surface area contributed by atoms with Crippen molar-refractivity contribution in [3.05, 3.63) is 51.7 Å². The maximum Gasteiger partial charge on any atom is 0.126 e. The fraction of sp³-hybridized carbons (Fsp3) is 0.250. The van der Waals surface area contributed by atoms with Crippen molar-refractivity contribution in [3.63, 3.8) is 0 Å². The third kappa shape index (κ3) is 2.42. The van der Waals surface area contributed by atoms with Gasteiger partial charge in [0.2, 0.25) is 0 Å². The number of halogens is 1. The smallest absolute Gasteiger partial charge is 0.126 e. The van der Waals surface area contributed by atoms with Crippen molar-refractivity contribution >= 4 is 11.3 Å². The number of hydrogen-bond acceptors (Lipinski definition) is 2. The molecule has 1 aromatic heterocycles. The first-order valence-corrected chi connectivity index (χ1v) is 5.84. The van der Waals surface area contributed by atoms with E-state index in [1.54, 1.807) is 17.4 Å². The molecule has 1 aromatic carbocycles. The molecular weight excluding hydrogens is 209 g/mol. The van der Waals surface area contributed by atoms with E-state index in [9.17, 15) is 4.39 Å². The minimum absolute atomic E-state index is 0.147. The summed E-state index contributed by atoms with van der Waals surface area (Å²) in [6, 6.07) is 6.86. The van der Waals surface area contributed by atoms with E-state index in [-0.39, 0.29) is 5.82 Å². The molecule has 0 aliphatic heterocycles. The van der Waals surface area contributed by atoms with Crippen LogP contribution in [0.4, 0.5) is 4.39 Å². The minimum Gasteiger partial charge on any atom is -0.246 e. The number of rotatable bonds is 3. The lowest BCUT2D eigenvalue weighted by molar-refractivity contribution is 0.614. The van der Waals surface area contributed by atoms with Crippen molar-refractivity contribution in [1.29, 1.82) is 0 Å². The van der Waals surface area contributed by atoms with Gasteiger partial charge in [0.15, 0.2) is 0 Å². The van der Waals surface area contributed by atoms with Crippen molar-refractivity contribution in [2.75, 3.05) is 0 Å². The lowest BCUT2D eigenvalue weighted by Gasteiger charge is -1.98. The first-order chi connectivity index (χ1) is 7.29. The monoisotopic (exact) mass is 221 g/mol. The first kappa shape index (κ1) is 10.3. The van der Waals surface area contributed by atoms with E-state index in [2.05, 4.69) is 11.9 Å². The van der Waals surface area contributed by atoms with Crippen LogP contribution in [0.2, 0.25) is 0 Å². The molecule has 0 fully saturated rings. The minimum atomic E-state index is -0.147. The summed E-state index contributed by atoms with van der Waals surface area (Å²) in [5.74, 6) is -0.147. The van der Waals surface area contributed by atoms with Gasteiger partial charge in [0, 0.05) is 11.8 Å². The zero-order valence-corrected chi connectivity index (χ0v) is 9.35. The number of hydrogen-bond donors (Lipinski definition) is 0. The lowest BCUT2D eigenvalue weighted by Crippen LogP contribution is -1.92. The molecule has 0 bridgehead atoms. The van der Waals surface area contributed by atoms with Crippen LogP contribution >= 0.6 is 11.3 Å². The largest absolute Gasteiger partial charge is 0.246 e. The maximum absolute atomic E-state index is 13.3. The molecule has 0 unspecified atom stereocenters. The molecule has 0 spiro atoms. The van der Waals surface area contributed by atoms with Crippen molar-refractivity contribution in [3.8, 4) is 0 Å². The zero-order valence-electron chi connectivity index (χ0n) is 8.53. The zero-order chi connectivity index (χ0) is 10.7. The predicted octanol–water partition coefficient (Wildman–Crippen LogP) is 3.44. The molecule has 0 amide bonds. The Kier molecular flexibility index (Phi) is 3.11. The van der Waals surface area contributed by atoms with Gasteiger partial charge in [-0.3, -0.25) is 0 Å². The van der Waals surface area contributed by atoms with E-state index in [0.29, 0.717) is 6.42 Å². The summed E-state index contributed by atoms with van der Waals surface area (Å²) < 4.78 is 13.3. The standard InChI is InChI=1S/C12H12FNS/c1-2-10-8-15-12(14-10)7-9-5-3-4-6-11(9)13/h3-6,8H,2,7H2,1H3. The molecular formula is C12H12FNS. The Labute approximate surface area is 92.6 Å². The van der Waals surface area contributed by atoms with Crippen LogP contribution in [0.25, 0.3) is 0 Å². The molecule has 0 saturated carbocycles. The Morgan fingerprint density at radius 1 is 1.33 bits per heavy atom. The Hall–Kier alpha value is -1.22. The van der Waals surface area contributed by atoms with Gasteiger partial charge in [0.1, 0.15) is 5.82 Å². The molecule has 0 atom stereocenters. The second-order valence-corrected chi connectivity index (χ2v) is 4.30. The van der Waals surface area contributed by atoms with Gasteiger partial charge in [-0.2, -0.15) is 0 Å². The Balaban J connectivity index is 2.18. The molecule has 2 aromatic rings. The molecule has 3 heteroatoms.